The highest BCUT2D eigenvalue weighted by Crippen LogP contribution is 2.30. The molecule has 9 heteroatoms. The number of hydrogen-bond acceptors (Lipinski definition) is 5. The van der Waals surface area contributed by atoms with E-state index in [0.29, 0.717) is 34.3 Å². The number of imidazole rings is 1. The minimum atomic E-state index is -2.63. The van der Waals surface area contributed by atoms with Crippen LogP contribution in [0.15, 0.2) is 47.6 Å². The fourth-order valence-corrected chi connectivity index (χ4v) is 3.61. The molecule has 1 unspecified atom stereocenters. The first-order valence-corrected chi connectivity index (χ1v) is 9.72. The van der Waals surface area contributed by atoms with Crippen molar-refractivity contribution in [2.45, 2.75) is 30.4 Å². The van der Waals surface area contributed by atoms with Gasteiger partial charge in [0.1, 0.15) is 6.54 Å². The van der Waals surface area contributed by atoms with E-state index in [-0.39, 0.29) is 23.7 Å². The highest BCUT2D eigenvalue weighted by Gasteiger charge is 2.19. The molecule has 1 atom stereocenters. The molecule has 3 aromatic rings. The van der Waals surface area contributed by atoms with Gasteiger partial charge in [-0.2, -0.15) is 8.78 Å². The number of hydrogen-bond donors (Lipinski definition) is 1. The molecule has 1 heterocycles. The van der Waals surface area contributed by atoms with Gasteiger partial charge in [-0.1, -0.05) is 18.2 Å². The monoisotopic (exact) mass is 421 g/mol. The number of methoxy groups -OCH3 is 2. The molecule has 2 aromatic carbocycles. The molecule has 3 rings (SSSR count). The van der Waals surface area contributed by atoms with Crippen molar-refractivity contribution in [3.8, 4) is 11.5 Å². The Morgan fingerprint density at radius 1 is 1.17 bits per heavy atom. The lowest BCUT2D eigenvalue weighted by molar-refractivity contribution is -0.122. The highest BCUT2D eigenvalue weighted by atomic mass is 32.2. The average molecular weight is 421 g/mol. The number of ether oxygens (including phenoxy) is 2. The first-order chi connectivity index (χ1) is 13.9. The van der Waals surface area contributed by atoms with E-state index in [9.17, 15) is 13.6 Å². The zero-order chi connectivity index (χ0) is 21.0. The van der Waals surface area contributed by atoms with Crippen molar-refractivity contribution < 1.29 is 23.0 Å². The highest BCUT2D eigenvalue weighted by molar-refractivity contribution is 7.99. The third kappa shape index (κ3) is 4.79. The van der Waals surface area contributed by atoms with Gasteiger partial charge in [0.05, 0.1) is 31.3 Å². The van der Waals surface area contributed by atoms with E-state index >= 15 is 0 Å². The normalized spacial score (nSPS) is 12.2. The molecule has 0 aliphatic rings. The molecule has 1 N–H and O–H groups in total. The van der Waals surface area contributed by atoms with Crippen LogP contribution in [0.2, 0.25) is 0 Å². The van der Waals surface area contributed by atoms with Crippen molar-refractivity contribution in [3.63, 3.8) is 0 Å². The molecule has 0 radical (unpaired) electrons. The van der Waals surface area contributed by atoms with Crippen LogP contribution in [0.4, 0.5) is 8.78 Å². The molecule has 6 nitrogen and oxygen atoms in total. The number of rotatable bonds is 8. The number of alkyl halides is 2. The number of nitrogens with one attached hydrogen (secondary N) is 1. The predicted molar refractivity (Wildman–Crippen MR) is 108 cm³/mol. The number of nitrogens with zero attached hydrogens (tertiary/aromatic N) is 2. The number of amides is 1. The Hall–Kier alpha value is -2.81. The van der Waals surface area contributed by atoms with Crippen molar-refractivity contribution in [1.82, 2.24) is 14.9 Å². The lowest BCUT2D eigenvalue weighted by Gasteiger charge is -2.17. The number of fused-ring (bicyclic) bond motifs is 1. The smallest absolute Gasteiger partial charge is 0.291 e. The van der Waals surface area contributed by atoms with Gasteiger partial charge in [0.2, 0.25) is 5.91 Å². The molecule has 0 fully saturated rings. The van der Waals surface area contributed by atoms with Crippen LogP contribution >= 0.6 is 11.8 Å². The zero-order valence-corrected chi connectivity index (χ0v) is 17.0. The maximum Gasteiger partial charge on any atom is 0.291 e. The lowest BCUT2D eigenvalue weighted by Crippen LogP contribution is -2.30. The second-order valence-corrected chi connectivity index (χ2v) is 7.21. The maximum absolute atomic E-state index is 12.9. The molecule has 1 amide bonds. The van der Waals surface area contributed by atoms with Gasteiger partial charge < -0.3 is 19.4 Å². The van der Waals surface area contributed by atoms with Crippen molar-refractivity contribution in [2.75, 3.05) is 14.2 Å². The van der Waals surface area contributed by atoms with Crippen LogP contribution in [-0.2, 0) is 11.3 Å². The Kier molecular flexibility index (Phi) is 6.58. The van der Waals surface area contributed by atoms with E-state index < -0.39 is 5.76 Å². The van der Waals surface area contributed by atoms with Crippen LogP contribution < -0.4 is 14.8 Å². The number of benzene rings is 2. The number of halogens is 2. The maximum atomic E-state index is 12.9. The summed E-state index contributed by atoms with van der Waals surface area (Å²) in [5.41, 5.74) is 2.02. The largest absolute Gasteiger partial charge is 0.493 e. The van der Waals surface area contributed by atoms with E-state index in [1.807, 2.05) is 13.0 Å². The molecule has 0 saturated carbocycles. The quantitative estimate of drug-likeness (QED) is 0.551. The van der Waals surface area contributed by atoms with Gasteiger partial charge in [-0.05, 0) is 48.5 Å². The van der Waals surface area contributed by atoms with Crippen LogP contribution in [-0.4, -0.2) is 35.4 Å². The molecule has 0 aliphatic heterocycles. The van der Waals surface area contributed by atoms with Gasteiger partial charge in [0.15, 0.2) is 16.7 Å². The van der Waals surface area contributed by atoms with Crippen LogP contribution in [0.25, 0.3) is 11.0 Å². The Balaban J connectivity index is 1.78. The first-order valence-electron chi connectivity index (χ1n) is 8.84. The summed E-state index contributed by atoms with van der Waals surface area (Å²) in [5.74, 6) is -1.79. The van der Waals surface area contributed by atoms with E-state index in [0.717, 1.165) is 5.56 Å². The number of aromatic nitrogens is 2. The summed E-state index contributed by atoms with van der Waals surface area (Å²) in [7, 11) is 3.09. The third-order valence-electron chi connectivity index (χ3n) is 4.40. The summed E-state index contributed by atoms with van der Waals surface area (Å²) in [5, 5.41) is 2.99. The van der Waals surface area contributed by atoms with Gasteiger partial charge in [0, 0.05) is 0 Å². The fraction of sp³-hybridized carbons (Fsp3) is 0.300. The molecule has 29 heavy (non-hydrogen) atoms. The van der Waals surface area contributed by atoms with Crippen molar-refractivity contribution in [3.05, 3.63) is 48.0 Å². The zero-order valence-electron chi connectivity index (χ0n) is 16.2. The Labute approximate surface area is 171 Å². The van der Waals surface area contributed by atoms with Crippen molar-refractivity contribution >= 4 is 28.7 Å². The third-order valence-corrected chi connectivity index (χ3v) is 5.10. The van der Waals surface area contributed by atoms with Gasteiger partial charge in [0.25, 0.3) is 5.76 Å². The van der Waals surface area contributed by atoms with E-state index in [1.54, 1.807) is 43.5 Å². The first kappa shape index (κ1) is 20.9. The SMILES string of the molecule is COc1ccc(C(C)NC(=O)Cn2c(SC(F)F)nc3ccccc32)cc1OC. The van der Waals surface area contributed by atoms with Crippen LogP contribution in [0.3, 0.4) is 0 Å². The Morgan fingerprint density at radius 2 is 1.90 bits per heavy atom. The van der Waals surface area contributed by atoms with E-state index in [2.05, 4.69) is 10.3 Å². The standard InChI is InChI=1S/C20H21F2N3O3S/c1-12(13-8-9-16(27-2)17(10-13)28-3)23-18(26)11-25-15-7-5-4-6-14(15)24-20(25)29-19(21)22/h4-10,12,19H,11H2,1-3H3,(H,23,26). The molecule has 0 saturated heterocycles. The minimum absolute atomic E-state index is 0.107. The molecular weight excluding hydrogens is 400 g/mol. The Bertz CT molecular complexity index is 1010. The van der Waals surface area contributed by atoms with Crippen LogP contribution in [0, 0.1) is 0 Å². The molecule has 1 aromatic heterocycles. The number of thioether (sulfide) groups is 1. The minimum Gasteiger partial charge on any atom is -0.493 e. The van der Waals surface area contributed by atoms with Crippen LogP contribution in [0.5, 0.6) is 11.5 Å². The molecule has 0 spiro atoms. The summed E-state index contributed by atoms with van der Waals surface area (Å²) in [6.07, 6.45) is 0. The summed E-state index contributed by atoms with van der Waals surface area (Å²) in [6.45, 7) is 1.72. The van der Waals surface area contributed by atoms with Gasteiger partial charge in [-0.25, -0.2) is 4.98 Å². The van der Waals surface area contributed by atoms with Gasteiger partial charge in [-0.3, -0.25) is 4.79 Å². The van der Waals surface area contributed by atoms with E-state index in [1.165, 1.54) is 11.7 Å². The second kappa shape index (κ2) is 9.13. The Morgan fingerprint density at radius 3 is 2.59 bits per heavy atom. The molecular formula is C20H21F2N3O3S. The fourth-order valence-electron chi connectivity index (χ4n) is 3.01. The number of para-hydroxylation sites is 2. The average Bonchev–Trinajstić information content (AvgIpc) is 3.03. The van der Waals surface area contributed by atoms with Crippen LogP contribution in [0.1, 0.15) is 18.5 Å². The molecule has 0 bridgehead atoms. The van der Waals surface area contributed by atoms with Gasteiger partial charge >= 0.3 is 0 Å². The summed E-state index contributed by atoms with van der Waals surface area (Å²) < 4.78 is 37.9. The van der Waals surface area contributed by atoms with Crippen molar-refractivity contribution in [2.24, 2.45) is 0 Å². The van der Waals surface area contributed by atoms with Gasteiger partial charge in [-0.15, -0.1) is 0 Å². The summed E-state index contributed by atoms with van der Waals surface area (Å²) >= 11 is 0.325. The summed E-state index contributed by atoms with van der Waals surface area (Å²) in [6, 6.07) is 12.1. The summed E-state index contributed by atoms with van der Waals surface area (Å²) in [4.78, 5) is 16.9. The topological polar surface area (TPSA) is 65.4 Å². The number of carbonyl (C=O) groups is 1. The molecule has 0 aliphatic carbocycles. The lowest BCUT2D eigenvalue weighted by atomic mass is 10.1. The number of carbonyl (C=O) groups excluding carboxylic acids is 1. The second-order valence-electron chi connectivity index (χ2n) is 6.25. The molecule has 154 valence electrons. The van der Waals surface area contributed by atoms with E-state index in [4.69, 9.17) is 9.47 Å². The predicted octanol–water partition coefficient (Wildman–Crippen LogP) is 4.25. The van der Waals surface area contributed by atoms with Crippen molar-refractivity contribution in [1.29, 1.82) is 0 Å².